The number of hydrogen-bond acceptors (Lipinski definition) is 17. The second-order valence-electron chi connectivity index (χ2n) is 23.7. The molecule has 478 valence electrons. The van der Waals surface area contributed by atoms with E-state index in [1.54, 1.807) is 65.9 Å². The molecule has 12 heterocycles. The van der Waals surface area contributed by atoms with Crippen LogP contribution in [0, 0.1) is 51.0 Å². The first-order chi connectivity index (χ1) is 44.8. The maximum atomic E-state index is 14.6. The highest BCUT2D eigenvalue weighted by Crippen LogP contribution is 2.36. The minimum atomic E-state index is -0.869. The first-order valence-electron chi connectivity index (χ1n) is 30.4. The molecule has 0 fully saturated rings. The number of fused-ring (bicyclic) bond motifs is 6. The molecule has 12 aromatic rings. The number of halogens is 4. The number of methoxy groups -OCH3 is 1. The Bertz CT molecular complexity index is 4820. The number of pyridine rings is 1. The Morgan fingerprint density at radius 3 is 1.51 bits per heavy atom. The van der Waals surface area contributed by atoms with Gasteiger partial charge in [-0.15, -0.1) is 0 Å². The van der Waals surface area contributed by atoms with Gasteiger partial charge < -0.3 is 40.0 Å². The van der Waals surface area contributed by atoms with E-state index in [4.69, 9.17) is 23.9 Å². The van der Waals surface area contributed by atoms with Gasteiger partial charge in [0.05, 0.1) is 85.5 Å². The number of nitrogens with one attached hydrogen (secondary N) is 3. The highest BCUT2D eigenvalue weighted by Gasteiger charge is 2.25. The van der Waals surface area contributed by atoms with Gasteiger partial charge in [0, 0.05) is 145 Å². The van der Waals surface area contributed by atoms with E-state index in [-0.39, 0.29) is 35.4 Å². The molecule has 0 saturated heterocycles. The number of aliphatic hydroxyl groups is 1. The summed E-state index contributed by atoms with van der Waals surface area (Å²) in [5.74, 6) is 2.90. The topological polar surface area (TPSA) is 232 Å². The lowest BCUT2D eigenvalue weighted by molar-refractivity contribution is 0.0577. The fourth-order valence-electron chi connectivity index (χ4n) is 12.0. The van der Waals surface area contributed by atoms with Crippen molar-refractivity contribution < 1.29 is 41.6 Å². The van der Waals surface area contributed by atoms with Gasteiger partial charge >= 0.3 is 0 Å². The fraction of sp³-hybridized carbons (Fsp3) is 0.299. The van der Waals surface area contributed by atoms with Crippen molar-refractivity contribution in [1.29, 1.82) is 0 Å². The quantitative estimate of drug-likeness (QED) is 0.0699. The van der Waals surface area contributed by atoms with Gasteiger partial charge in [-0.3, -0.25) is 22.6 Å². The molecule has 3 aromatic carbocycles. The molecular weight excluding hydrogens is 1200 g/mol. The van der Waals surface area contributed by atoms with Crippen LogP contribution in [-0.4, -0.2) is 105 Å². The van der Waals surface area contributed by atoms with Gasteiger partial charge in [-0.05, 0) is 96.8 Å². The summed E-state index contributed by atoms with van der Waals surface area (Å²) in [7, 11) is 3.37. The molecule has 0 unspecified atom stereocenters. The van der Waals surface area contributed by atoms with E-state index in [1.807, 2.05) is 72.9 Å². The number of ether oxygens (including phenoxy) is 4. The van der Waals surface area contributed by atoms with Crippen molar-refractivity contribution in [2.75, 3.05) is 42.9 Å². The summed E-state index contributed by atoms with van der Waals surface area (Å²) in [6.45, 7) is 14.2. The van der Waals surface area contributed by atoms with Crippen molar-refractivity contribution in [1.82, 2.24) is 67.7 Å². The molecule has 0 saturated carbocycles. The predicted octanol–water partition coefficient (Wildman–Crippen LogP) is 11.1. The number of hydrogen-bond donors (Lipinski definition) is 4. The molecule has 0 radical (unpaired) electrons. The van der Waals surface area contributed by atoms with Crippen molar-refractivity contribution >= 4 is 34.8 Å². The van der Waals surface area contributed by atoms with Gasteiger partial charge in [0.1, 0.15) is 51.8 Å². The van der Waals surface area contributed by atoms with Crippen LogP contribution < -0.4 is 34.9 Å². The van der Waals surface area contributed by atoms with E-state index in [2.05, 4.69) is 56.1 Å². The molecule has 3 aliphatic rings. The van der Waals surface area contributed by atoms with E-state index in [1.165, 1.54) is 37.6 Å². The maximum Gasteiger partial charge on any atom is 0.213 e. The SMILES string of the molecule is COc1cc(-c2cnc(NCc3c(F)ccc4c3CCO4)n3cc(C)nc23)c(F)cn1.Cc1cn2c(NCc3c(F)ccc4c3CCCO4)ncc(-c3cc(C)nn3C)c2n1.Cc1cn2c(NCc3c(F)ccc4c3CCO4)ncc(-c3cnn(CC(C)(C)O)c3)c2n1. The number of aromatic nitrogens is 14. The number of aryl methyl sites for hydroxylation is 5. The van der Waals surface area contributed by atoms with Crippen LogP contribution >= 0.6 is 0 Å². The zero-order valence-electron chi connectivity index (χ0n) is 52.4. The van der Waals surface area contributed by atoms with Gasteiger partial charge in [-0.25, -0.2) is 52.4 Å². The molecule has 0 aliphatic carbocycles. The van der Waals surface area contributed by atoms with Crippen molar-refractivity contribution in [3.63, 3.8) is 0 Å². The first-order valence-corrected chi connectivity index (χ1v) is 30.4. The Balaban J connectivity index is 0.000000127. The van der Waals surface area contributed by atoms with Crippen molar-refractivity contribution in [2.45, 2.75) is 99.0 Å². The van der Waals surface area contributed by atoms with Gasteiger partial charge in [-0.2, -0.15) is 10.2 Å². The van der Waals surface area contributed by atoms with Crippen LogP contribution in [0.4, 0.5) is 35.4 Å². The zero-order valence-corrected chi connectivity index (χ0v) is 52.4. The van der Waals surface area contributed by atoms with Crippen LogP contribution in [0.3, 0.4) is 0 Å². The average Bonchev–Trinajstić information content (AvgIpc) is 1.72. The molecule has 3 aliphatic heterocycles. The first kappa shape index (κ1) is 61.2. The summed E-state index contributed by atoms with van der Waals surface area (Å²) in [5.41, 5.74) is 13.3. The number of rotatable bonds is 15. The summed E-state index contributed by atoms with van der Waals surface area (Å²) in [4.78, 5) is 31.5. The van der Waals surface area contributed by atoms with Crippen LogP contribution in [-0.2, 0) is 52.5 Å². The maximum absolute atomic E-state index is 14.6. The fourth-order valence-corrected chi connectivity index (χ4v) is 12.0. The van der Waals surface area contributed by atoms with E-state index < -0.39 is 11.4 Å². The lowest BCUT2D eigenvalue weighted by Crippen LogP contribution is -2.26. The lowest BCUT2D eigenvalue weighted by Gasteiger charge is -2.21. The second-order valence-corrected chi connectivity index (χ2v) is 23.7. The third kappa shape index (κ3) is 12.5. The number of anilines is 3. The van der Waals surface area contributed by atoms with E-state index in [9.17, 15) is 22.7 Å². The zero-order chi connectivity index (χ0) is 64.8. The van der Waals surface area contributed by atoms with Crippen LogP contribution in [0.25, 0.3) is 50.5 Å². The van der Waals surface area contributed by atoms with Crippen LogP contribution in [0.15, 0.2) is 104 Å². The Labute approximate surface area is 531 Å². The molecule has 26 heteroatoms. The molecule has 0 spiro atoms. The van der Waals surface area contributed by atoms with Crippen LogP contribution in [0.2, 0.25) is 0 Å². The Morgan fingerprint density at radius 1 is 0.538 bits per heavy atom. The van der Waals surface area contributed by atoms with Crippen molar-refractivity contribution in [3.05, 3.63) is 184 Å². The van der Waals surface area contributed by atoms with Gasteiger partial charge in [0.2, 0.25) is 23.7 Å². The summed E-state index contributed by atoms with van der Waals surface area (Å²) in [6, 6.07) is 12.9. The average molecular weight is 1270 g/mol. The lowest BCUT2D eigenvalue weighted by atomic mass is 9.99. The van der Waals surface area contributed by atoms with Crippen LogP contribution in [0.1, 0.15) is 76.4 Å². The molecule has 15 rings (SSSR count). The summed E-state index contributed by atoms with van der Waals surface area (Å²) >= 11 is 0. The van der Waals surface area contributed by atoms with Crippen molar-refractivity contribution in [2.24, 2.45) is 7.05 Å². The highest BCUT2D eigenvalue weighted by atomic mass is 19.1. The van der Waals surface area contributed by atoms with Gasteiger partial charge in [0.15, 0.2) is 5.65 Å². The predicted molar refractivity (Wildman–Crippen MR) is 341 cm³/mol. The van der Waals surface area contributed by atoms with E-state index in [0.29, 0.717) is 104 Å². The normalized spacial score (nSPS) is 13.1. The summed E-state index contributed by atoms with van der Waals surface area (Å²) < 4.78 is 89.0. The number of nitrogens with zero attached hydrogens (tertiary/aromatic N) is 14. The molecule has 0 amide bonds. The molecule has 4 N–H and O–H groups in total. The molecule has 0 bridgehead atoms. The molecule has 0 atom stereocenters. The van der Waals surface area contributed by atoms with E-state index in [0.717, 1.165) is 104 Å². The Hall–Kier alpha value is -10.6. The summed E-state index contributed by atoms with van der Waals surface area (Å²) in [5, 5.41) is 28.6. The van der Waals surface area contributed by atoms with E-state index >= 15 is 0 Å². The Kier molecular flexibility index (Phi) is 16.6. The smallest absolute Gasteiger partial charge is 0.213 e. The highest BCUT2D eigenvalue weighted by molar-refractivity contribution is 5.80. The number of benzene rings is 3. The standard InChI is InChI=1S/C23H25FN6O2.C22H19F2N5O2.C22H23FN6O/c1-14-11-30-21(28-14)17(15-8-27-29(12-15)13-23(2,3)31)9-25-22(30)26-10-18-16-6-7-32-20(16)5-4-19(18)24;1-12-11-29-21(28-12)16(14-7-20(30-2)25-10-18(14)24)9-27-22(29)26-8-15-13-5-6-31-19(13)4-3-17(15)23;1-13-9-19(28(3)27-13)17-11-25-22(29-12-14(2)26-21(17)29)24-10-16-15-5-4-8-30-20(15)7-6-18(16)23/h4-5,8-9,11-12,31H,6-7,10,13H2,1-3H3,(H,25,26);3-4,7,9-11H,5-6,8H2,1-2H3,(H,26,27);6-7,9,11-12H,4-5,8,10H2,1-3H3,(H,24,25). The minimum absolute atomic E-state index is 0.230. The Morgan fingerprint density at radius 2 is 1.01 bits per heavy atom. The third-order valence-corrected chi connectivity index (χ3v) is 16.2. The summed E-state index contributed by atoms with van der Waals surface area (Å²) in [6.07, 6.45) is 18.5. The monoisotopic (exact) mass is 1270 g/mol. The molecule has 93 heavy (non-hydrogen) atoms. The second kappa shape index (κ2) is 25.2. The minimum Gasteiger partial charge on any atom is -0.493 e. The third-order valence-electron chi connectivity index (χ3n) is 16.2. The van der Waals surface area contributed by atoms with Gasteiger partial charge in [-0.1, -0.05) is 0 Å². The number of imidazole rings is 3. The molecular formula is C67H67F4N17O5. The largest absolute Gasteiger partial charge is 0.493 e. The molecule has 9 aromatic heterocycles. The van der Waals surface area contributed by atoms with Crippen molar-refractivity contribution in [3.8, 4) is 56.6 Å². The van der Waals surface area contributed by atoms with Crippen LogP contribution in [0.5, 0.6) is 23.1 Å². The molecule has 22 nitrogen and oxygen atoms in total. The van der Waals surface area contributed by atoms with Gasteiger partial charge in [0.25, 0.3) is 0 Å².